The summed E-state index contributed by atoms with van der Waals surface area (Å²) in [6.45, 7) is 3.05. The number of halogens is 1. The molecule has 0 unspecified atom stereocenters. The minimum absolute atomic E-state index is 0.0229. The molecule has 1 rings (SSSR count). The van der Waals surface area contributed by atoms with Crippen LogP contribution in [0.1, 0.15) is 17.7 Å². The van der Waals surface area contributed by atoms with Crippen LogP contribution in [0.3, 0.4) is 0 Å². The number of aryl methyl sites for hydroxylation is 1. The molecule has 1 heterocycles. The molecule has 0 fully saturated rings. The summed E-state index contributed by atoms with van der Waals surface area (Å²) in [5.74, 6) is 0. The maximum atomic E-state index is 12.0. The Morgan fingerprint density at radius 1 is 1.47 bits per heavy atom. The predicted octanol–water partition coefficient (Wildman–Crippen LogP) is 1.50. The maximum absolute atomic E-state index is 12.0. The number of carbonyl (C=O) groups excluding carboxylic acids is 1. The van der Waals surface area contributed by atoms with Gasteiger partial charge in [-0.2, -0.15) is 0 Å². The SMILES string of the molecule is COCCCn1c(C)ccc(CC(=O)Cl)c1=O. The molecule has 0 aliphatic heterocycles. The Morgan fingerprint density at radius 3 is 2.76 bits per heavy atom. The van der Waals surface area contributed by atoms with Crippen molar-refractivity contribution in [3.63, 3.8) is 0 Å². The van der Waals surface area contributed by atoms with Gasteiger partial charge in [0.2, 0.25) is 5.24 Å². The van der Waals surface area contributed by atoms with Crippen molar-refractivity contribution in [3.05, 3.63) is 33.7 Å². The lowest BCUT2D eigenvalue weighted by Crippen LogP contribution is -2.26. The van der Waals surface area contributed by atoms with Gasteiger partial charge in [-0.25, -0.2) is 0 Å². The number of hydrogen-bond acceptors (Lipinski definition) is 3. The molecule has 0 bridgehead atoms. The van der Waals surface area contributed by atoms with E-state index in [-0.39, 0.29) is 12.0 Å². The smallest absolute Gasteiger partial charge is 0.254 e. The first-order chi connectivity index (χ1) is 8.06. The molecule has 1 aromatic heterocycles. The second kappa shape index (κ2) is 6.57. The number of methoxy groups -OCH3 is 1. The predicted molar refractivity (Wildman–Crippen MR) is 66.5 cm³/mol. The molecule has 0 saturated heterocycles. The van der Waals surface area contributed by atoms with Crippen LogP contribution in [-0.4, -0.2) is 23.5 Å². The van der Waals surface area contributed by atoms with Crippen LogP contribution in [0.5, 0.6) is 0 Å². The van der Waals surface area contributed by atoms with Gasteiger partial charge in [0.1, 0.15) is 0 Å². The van der Waals surface area contributed by atoms with Gasteiger partial charge in [-0.3, -0.25) is 9.59 Å². The van der Waals surface area contributed by atoms with Crippen LogP contribution in [0, 0.1) is 6.92 Å². The highest BCUT2D eigenvalue weighted by atomic mass is 35.5. The fourth-order valence-corrected chi connectivity index (χ4v) is 1.79. The fraction of sp³-hybridized carbons (Fsp3) is 0.500. The molecule has 0 aliphatic carbocycles. The third-order valence-electron chi connectivity index (χ3n) is 2.53. The van der Waals surface area contributed by atoms with Gasteiger partial charge in [0.05, 0.1) is 6.42 Å². The maximum Gasteiger partial charge on any atom is 0.254 e. The highest BCUT2D eigenvalue weighted by Gasteiger charge is 2.08. The lowest BCUT2D eigenvalue weighted by atomic mass is 10.2. The van der Waals surface area contributed by atoms with Gasteiger partial charge in [-0.1, -0.05) is 6.07 Å². The normalized spacial score (nSPS) is 10.5. The Labute approximate surface area is 105 Å². The summed E-state index contributed by atoms with van der Waals surface area (Å²) in [6, 6.07) is 3.48. The molecular formula is C12H16ClNO3. The van der Waals surface area contributed by atoms with E-state index in [2.05, 4.69) is 0 Å². The van der Waals surface area contributed by atoms with Crippen molar-refractivity contribution in [2.45, 2.75) is 26.3 Å². The van der Waals surface area contributed by atoms with Gasteiger partial charge in [-0.05, 0) is 31.0 Å². The van der Waals surface area contributed by atoms with E-state index in [0.717, 1.165) is 12.1 Å². The van der Waals surface area contributed by atoms with Crippen molar-refractivity contribution in [3.8, 4) is 0 Å². The summed E-state index contributed by atoms with van der Waals surface area (Å²) in [6.07, 6.45) is 0.737. The molecule has 0 saturated carbocycles. The summed E-state index contributed by atoms with van der Waals surface area (Å²) in [5, 5.41) is -0.519. The molecule has 0 aromatic carbocycles. The second-order valence-corrected chi connectivity index (χ2v) is 4.26. The molecule has 17 heavy (non-hydrogen) atoms. The molecule has 5 heteroatoms. The van der Waals surface area contributed by atoms with Crippen LogP contribution in [0.2, 0.25) is 0 Å². The fourth-order valence-electron chi connectivity index (χ4n) is 1.65. The molecule has 0 atom stereocenters. The zero-order valence-corrected chi connectivity index (χ0v) is 10.8. The van der Waals surface area contributed by atoms with E-state index in [1.165, 1.54) is 0 Å². The number of carbonyl (C=O) groups is 1. The molecule has 1 aromatic rings. The molecule has 4 nitrogen and oxygen atoms in total. The first kappa shape index (κ1) is 13.9. The van der Waals surface area contributed by atoms with E-state index < -0.39 is 5.24 Å². The van der Waals surface area contributed by atoms with Crippen molar-refractivity contribution in [2.75, 3.05) is 13.7 Å². The Morgan fingerprint density at radius 2 is 2.18 bits per heavy atom. The van der Waals surface area contributed by atoms with Gasteiger partial charge < -0.3 is 9.30 Å². The number of pyridine rings is 1. The standard InChI is InChI=1S/C12H16ClNO3/c1-9-4-5-10(8-11(13)15)12(16)14(9)6-3-7-17-2/h4-5H,3,6-8H2,1-2H3. The van der Waals surface area contributed by atoms with Gasteiger partial charge in [-0.15, -0.1) is 0 Å². The van der Waals surface area contributed by atoms with E-state index in [1.54, 1.807) is 17.7 Å². The quantitative estimate of drug-likeness (QED) is 0.573. The van der Waals surface area contributed by atoms with Crippen molar-refractivity contribution in [1.29, 1.82) is 0 Å². The summed E-state index contributed by atoms with van der Waals surface area (Å²) >= 11 is 5.30. The Balaban J connectivity index is 2.94. The van der Waals surface area contributed by atoms with Crippen LogP contribution in [-0.2, 0) is 22.5 Å². The minimum Gasteiger partial charge on any atom is -0.385 e. The molecule has 0 spiro atoms. The highest BCUT2D eigenvalue weighted by Crippen LogP contribution is 2.02. The first-order valence-electron chi connectivity index (χ1n) is 5.43. The number of nitrogens with zero attached hydrogens (tertiary/aromatic N) is 1. The zero-order valence-electron chi connectivity index (χ0n) is 10.0. The lowest BCUT2D eigenvalue weighted by Gasteiger charge is -2.11. The van der Waals surface area contributed by atoms with Crippen molar-refractivity contribution in [2.24, 2.45) is 0 Å². The zero-order chi connectivity index (χ0) is 12.8. The molecular weight excluding hydrogens is 242 g/mol. The van der Waals surface area contributed by atoms with Crippen molar-refractivity contribution < 1.29 is 9.53 Å². The van der Waals surface area contributed by atoms with Crippen LogP contribution >= 0.6 is 11.6 Å². The molecule has 0 N–H and O–H groups in total. The molecule has 94 valence electrons. The van der Waals surface area contributed by atoms with Crippen LogP contribution in [0.15, 0.2) is 16.9 Å². The average Bonchev–Trinajstić information content (AvgIpc) is 2.27. The summed E-state index contributed by atoms with van der Waals surface area (Å²) in [4.78, 5) is 22.8. The van der Waals surface area contributed by atoms with E-state index in [9.17, 15) is 9.59 Å². The third-order valence-corrected chi connectivity index (χ3v) is 2.66. The van der Waals surface area contributed by atoms with E-state index in [1.807, 2.05) is 13.0 Å². The second-order valence-electron chi connectivity index (χ2n) is 3.83. The molecule has 0 amide bonds. The monoisotopic (exact) mass is 257 g/mol. The number of rotatable bonds is 6. The van der Waals surface area contributed by atoms with Gasteiger partial charge in [0.25, 0.3) is 5.56 Å². The third kappa shape index (κ3) is 3.98. The van der Waals surface area contributed by atoms with Crippen molar-refractivity contribution in [1.82, 2.24) is 4.57 Å². The molecule has 0 aliphatic rings. The summed E-state index contributed by atoms with van der Waals surface area (Å²) < 4.78 is 6.59. The van der Waals surface area contributed by atoms with Gasteiger partial charge in [0, 0.05) is 31.5 Å². The number of hydrogen-bond donors (Lipinski definition) is 0. The average molecular weight is 258 g/mol. The minimum atomic E-state index is -0.519. The van der Waals surface area contributed by atoms with Crippen molar-refractivity contribution >= 4 is 16.8 Å². The number of aromatic nitrogens is 1. The highest BCUT2D eigenvalue weighted by molar-refractivity contribution is 6.63. The van der Waals surface area contributed by atoms with E-state index in [0.29, 0.717) is 18.7 Å². The van der Waals surface area contributed by atoms with Crippen LogP contribution in [0.25, 0.3) is 0 Å². The molecule has 0 radical (unpaired) electrons. The summed E-state index contributed by atoms with van der Waals surface area (Å²) in [7, 11) is 1.62. The Bertz CT molecular complexity index is 454. The van der Waals surface area contributed by atoms with Gasteiger partial charge in [0.15, 0.2) is 0 Å². The van der Waals surface area contributed by atoms with E-state index in [4.69, 9.17) is 16.3 Å². The number of ether oxygens (including phenoxy) is 1. The Kier molecular flexibility index (Phi) is 5.38. The largest absolute Gasteiger partial charge is 0.385 e. The van der Waals surface area contributed by atoms with Crippen LogP contribution in [0.4, 0.5) is 0 Å². The Hall–Kier alpha value is -1.13. The topological polar surface area (TPSA) is 48.3 Å². The van der Waals surface area contributed by atoms with Gasteiger partial charge >= 0.3 is 0 Å². The summed E-state index contributed by atoms with van der Waals surface area (Å²) in [5.41, 5.74) is 1.17. The van der Waals surface area contributed by atoms with E-state index >= 15 is 0 Å². The lowest BCUT2D eigenvalue weighted by molar-refractivity contribution is -0.111. The first-order valence-corrected chi connectivity index (χ1v) is 5.80. The van der Waals surface area contributed by atoms with Crippen LogP contribution < -0.4 is 5.56 Å².